The molecular weight excluding hydrogens is 274 g/mol. The van der Waals surface area contributed by atoms with Gasteiger partial charge in [0, 0.05) is 16.8 Å². The second-order valence-electron chi connectivity index (χ2n) is 4.11. The maximum Gasteiger partial charge on any atom is 0.248 e. The van der Waals surface area contributed by atoms with E-state index in [4.69, 9.17) is 16.3 Å². The van der Waals surface area contributed by atoms with Gasteiger partial charge in [-0.05, 0) is 42.0 Å². The minimum atomic E-state index is -0.205. The maximum absolute atomic E-state index is 11.8. The van der Waals surface area contributed by atoms with Crippen molar-refractivity contribution >= 4 is 29.3 Å². The summed E-state index contributed by atoms with van der Waals surface area (Å²) in [6.45, 7) is 0. The number of anilines is 1. The lowest BCUT2D eigenvalue weighted by molar-refractivity contribution is -0.111. The molecule has 102 valence electrons. The summed E-state index contributed by atoms with van der Waals surface area (Å²) in [6.07, 6.45) is 3.21. The molecule has 0 bridgehead atoms. The summed E-state index contributed by atoms with van der Waals surface area (Å²) >= 11 is 5.85. The molecule has 0 radical (unpaired) electrons. The number of ether oxygens (including phenoxy) is 1. The topological polar surface area (TPSA) is 38.3 Å². The normalized spacial score (nSPS) is 10.5. The molecule has 0 fully saturated rings. The predicted octanol–water partition coefficient (Wildman–Crippen LogP) is 4.00. The van der Waals surface area contributed by atoms with Crippen molar-refractivity contribution in [3.05, 3.63) is 65.2 Å². The number of carbonyl (C=O) groups is 1. The third-order valence-corrected chi connectivity index (χ3v) is 2.87. The van der Waals surface area contributed by atoms with Crippen molar-refractivity contribution in [2.24, 2.45) is 0 Å². The van der Waals surface area contributed by atoms with E-state index < -0.39 is 0 Å². The molecule has 0 saturated heterocycles. The summed E-state index contributed by atoms with van der Waals surface area (Å²) in [5.74, 6) is 0.577. The van der Waals surface area contributed by atoms with Crippen molar-refractivity contribution in [3.63, 3.8) is 0 Å². The number of nitrogens with one attached hydrogen (secondary N) is 1. The highest BCUT2D eigenvalue weighted by molar-refractivity contribution is 6.30. The van der Waals surface area contributed by atoms with Gasteiger partial charge >= 0.3 is 0 Å². The monoisotopic (exact) mass is 287 g/mol. The van der Waals surface area contributed by atoms with Gasteiger partial charge in [0.15, 0.2) is 0 Å². The van der Waals surface area contributed by atoms with Gasteiger partial charge in [0.1, 0.15) is 5.75 Å². The molecule has 20 heavy (non-hydrogen) atoms. The van der Waals surface area contributed by atoms with E-state index in [1.54, 1.807) is 37.5 Å². The summed E-state index contributed by atoms with van der Waals surface area (Å²) in [5, 5.41) is 3.33. The Kier molecular flexibility index (Phi) is 4.80. The zero-order chi connectivity index (χ0) is 14.4. The molecule has 3 nitrogen and oxygen atoms in total. The molecule has 1 amide bonds. The van der Waals surface area contributed by atoms with Crippen LogP contribution in [-0.4, -0.2) is 13.0 Å². The van der Waals surface area contributed by atoms with Crippen molar-refractivity contribution in [2.45, 2.75) is 0 Å². The highest BCUT2D eigenvalue weighted by Gasteiger charge is 1.98. The fourth-order valence-electron chi connectivity index (χ4n) is 1.64. The van der Waals surface area contributed by atoms with Crippen LogP contribution >= 0.6 is 11.6 Å². The second kappa shape index (κ2) is 6.78. The number of hydrogen-bond acceptors (Lipinski definition) is 2. The van der Waals surface area contributed by atoms with Gasteiger partial charge in [-0.3, -0.25) is 4.79 Å². The van der Waals surface area contributed by atoms with Crippen molar-refractivity contribution in [2.75, 3.05) is 12.4 Å². The van der Waals surface area contributed by atoms with Crippen LogP contribution in [0.15, 0.2) is 54.6 Å². The van der Waals surface area contributed by atoms with Gasteiger partial charge < -0.3 is 10.1 Å². The van der Waals surface area contributed by atoms with Crippen molar-refractivity contribution in [1.82, 2.24) is 0 Å². The van der Waals surface area contributed by atoms with Crippen LogP contribution in [0, 0.1) is 0 Å². The molecule has 2 aromatic rings. The molecule has 0 aliphatic rings. The summed E-state index contributed by atoms with van der Waals surface area (Å²) < 4.78 is 5.07. The number of hydrogen-bond donors (Lipinski definition) is 1. The highest BCUT2D eigenvalue weighted by Crippen LogP contribution is 2.15. The van der Waals surface area contributed by atoms with Gasteiger partial charge in [0.25, 0.3) is 0 Å². The second-order valence-corrected chi connectivity index (χ2v) is 4.54. The lowest BCUT2D eigenvalue weighted by Gasteiger charge is -2.02. The Morgan fingerprint density at radius 1 is 1.20 bits per heavy atom. The zero-order valence-corrected chi connectivity index (χ0v) is 11.7. The van der Waals surface area contributed by atoms with Gasteiger partial charge in [0.2, 0.25) is 5.91 Å². The number of amides is 1. The molecule has 0 saturated carbocycles. The quantitative estimate of drug-likeness (QED) is 0.863. The Hall–Kier alpha value is -2.26. The molecule has 0 unspecified atom stereocenters. The predicted molar refractivity (Wildman–Crippen MR) is 82.1 cm³/mol. The average molecular weight is 288 g/mol. The van der Waals surface area contributed by atoms with Crippen molar-refractivity contribution < 1.29 is 9.53 Å². The maximum atomic E-state index is 11.8. The molecule has 2 aromatic carbocycles. The van der Waals surface area contributed by atoms with Gasteiger partial charge in [0.05, 0.1) is 7.11 Å². The number of halogens is 1. The Morgan fingerprint density at radius 3 is 2.60 bits per heavy atom. The Bertz CT molecular complexity index is 621. The molecule has 0 atom stereocenters. The van der Waals surface area contributed by atoms with E-state index in [1.165, 1.54) is 6.08 Å². The van der Waals surface area contributed by atoms with Crippen molar-refractivity contribution in [3.8, 4) is 5.75 Å². The van der Waals surface area contributed by atoms with Crippen LogP contribution in [0.4, 0.5) is 5.69 Å². The minimum Gasteiger partial charge on any atom is -0.497 e. The zero-order valence-electron chi connectivity index (χ0n) is 11.0. The molecular formula is C16H14ClNO2. The third kappa shape index (κ3) is 4.14. The summed E-state index contributed by atoms with van der Waals surface area (Å²) in [7, 11) is 1.61. The van der Waals surface area contributed by atoms with E-state index in [9.17, 15) is 4.79 Å². The van der Waals surface area contributed by atoms with E-state index in [-0.39, 0.29) is 5.91 Å². The Morgan fingerprint density at radius 2 is 1.95 bits per heavy atom. The molecule has 0 aliphatic carbocycles. The van der Waals surface area contributed by atoms with Crippen LogP contribution in [0.25, 0.3) is 6.08 Å². The van der Waals surface area contributed by atoms with Gasteiger partial charge in [-0.2, -0.15) is 0 Å². The summed E-state index contributed by atoms with van der Waals surface area (Å²) in [4.78, 5) is 11.8. The van der Waals surface area contributed by atoms with Crippen LogP contribution in [-0.2, 0) is 4.79 Å². The Balaban J connectivity index is 1.98. The highest BCUT2D eigenvalue weighted by atomic mass is 35.5. The lowest BCUT2D eigenvalue weighted by Crippen LogP contribution is -2.07. The fourth-order valence-corrected chi connectivity index (χ4v) is 1.83. The van der Waals surface area contributed by atoms with Gasteiger partial charge in [-0.15, -0.1) is 0 Å². The summed E-state index contributed by atoms with van der Waals surface area (Å²) in [5.41, 5.74) is 1.59. The summed E-state index contributed by atoms with van der Waals surface area (Å²) in [6, 6.07) is 14.5. The van der Waals surface area contributed by atoms with Crippen LogP contribution < -0.4 is 10.1 Å². The molecule has 1 N–H and O–H groups in total. The van der Waals surface area contributed by atoms with Crippen LogP contribution in [0.2, 0.25) is 5.02 Å². The number of benzene rings is 2. The first-order valence-corrected chi connectivity index (χ1v) is 6.44. The van der Waals surface area contributed by atoms with Crippen molar-refractivity contribution in [1.29, 1.82) is 0 Å². The van der Waals surface area contributed by atoms with E-state index in [0.717, 1.165) is 11.3 Å². The largest absolute Gasteiger partial charge is 0.497 e. The lowest BCUT2D eigenvalue weighted by atomic mass is 10.2. The molecule has 4 heteroatoms. The first-order chi connectivity index (χ1) is 9.67. The Labute approximate surface area is 122 Å². The van der Waals surface area contributed by atoms with Crippen LogP contribution in [0.3, 0.4) is 0 Å². The third-order valence-electron chi connectivity index (χ3n) is 2.64. The van der Waals surface area contributed by atoms with E-state index in [0.29, 0.717) is 10.7 Å². The van der Waals surface area contributed by atoms with E-state index >= 15 is 0 Å². The molecule has 2 rings (SSSR count). The van der Waals surface area contributed by atoms with E-state index in [1.807, 2.05) is 24.3 Å². The smallest absolute Gasteiger partial charge is 0.248 e. The minimum absolute atomic E-state index is 0.205. The fraction of sp³-hybridized carbons (Fsp3) is 0.0625. The molecule has 0 aromatic heterocycles. The number of methoxy groups -OCH3 is 1. The van der Waals surface area contributed by atoms with Crippen LogP contribution in [0.1, 0.15) is 5.56 Å². The average Bonchev–Trinajstić information content (AvgIpc) is 2.46. The molecule has 0 heterocycles. The van der Waals surface area contributed by atoms with Gasteiger partial charge in [-0.25, -0.2) is 0 Å². The number of carbonyl (C=O) groups excluding carboxylic acids is 1. The SMILES string of the molecule is COc1ccc(/C=C/C(=O)Nc2cccc(Cl)c2)cc1. The standard InChI is InChI=1S/C16H14ClNO2/c1-20-15-8-5-12(6-9-15)7-10-16(19)18-14-4-2-3-13(17)11-14/h2-11H,1H3,(H,18,19)/b10-7+. The molecule has 0 aliphatic heterocycles. The van der Waals surface area contributed by atoms with E-state index in [2.05, 4.69) is 5.32 Å². The molecule has 0 spiro atoms. The number of rotatable bonds is 4. The van der Waals surface area contributed by atoms with Gasteiger partial charge in [-0.1, -0.05) is 29.8 Å². The van der Waals surface area contributed by atoms with Crippen LogP contribution in [0.5, 0.6) is 5.75 Å². The first-order valence-electron chi connectivity index (χ1n) is 6.06. The first kappa shape index (κ1) is 14.2.